The summed E-state index contributed by atoms with van der Waals surface area (Å²) in [6, 6.07) is 12.9. The number of hydrogen-bond donors (Lipinski definition) is 1. The fourth-order valence-corrected chi connectivity index (χ4v) is 4.90. The van der Waals surface area contributed by atoms with Crippen molar-refractivity contribution in [1.29, 1.82) is 0 Å². The van der Waals surface area contributed by atoms with Crippen LogP contribution in [0.15, 0.2) is 53.4 Å². The summed E-state index contributed by atoms with van der Waals surface area (Å²) in [5.74, 6) is 0.0706. The molecular formula is C20H23NO6S. The molecule has 0 spiro atoms. The highest BCUT2D eigenvalue weighted by molar-refractivity contribution is 7.89. The number of rotatable bonds is 5. The van der Waals surface area contributed by atoms with Gasteiger partial charge in [0.1, 0.15) is 11.8 Å². The summed E-state index contributed by atoms with van der Waals surface area (Å²) in [7, 11) is -1.10. The first-order valence-electron chi connectivity index (χ1n) is 8.89. The molecular weight excluding hydrogens is 382 g/mol. The number of ether oxygens (including phenoxy) is 2. The predicted molar refractivity (Wildman–Crippen MR) is 103 cm³/mol. The van der Waals surface area contributed by atoms with E-state index in [0.717, 1.165) is 21.2 Å². The number of carbonyl (C=O) groups is 1. The minimum Gasteiger partial charge on any atom is -0.497 e. The van der Waals surface area contributed by atoms with E-state index in [4.69, 9.17) is 9.47 Å². The summed E-state index contributed by atoms with van der Waals surface area (Å²) in [6.45, 7) is 0.0590. The lowest BCUT2D eigenvalue weighted by molar-refractivity contribution is -0.147. The van der Waals surface area contributed by atoms with Crippen LogP contribution in [0.3, 0.4) is 0 Å². The molecule has 150 valence electrons. The van der Waals surface area contributed by atoms with Crippen LogP contribution < -0.4 is 4.74 Å². The van der Waals surface area contributed by atoms with Gasteiger partial charge in [-0.1, -0.05) is 24.3 Å². The number of nitrogens with zero attached hydrogens (tertiary/aromatic N) is 1. The number of carbonyl (C=O) groups excluding carboxylic acids is 1. The van der Waals surface area contributed by atoms with Gasteiger partial charge in [0, 0.05) is 13.0 Å². The Hall–Kier alpha value is -2.42. The lowest BCUT2D eigenvalue weighted by atomic mass is 10.0. The Bertz CT molecular complexity index is 924. The van der Waals surface area contributed by atoms with E-state index >= 15 is 0 Å². The molecule has 1 saturated heterocycles. The third kappa shape index (κ3) is 4.04. The molecule has 1 N–H and O–H groups in total. The van der Waals surface area contributed by atoms with E-state index in [2.05, 4.69) is 0 Å². The van der Waals surface area contributed by atoms with Gasteiger partial charge >= 0.3 is 5.97 Å². The number of methoxy groups -OCH3 is 2. The maximum absolute atomic E-state index is 13.1. The van der Waals surface area contributed by atoms with Gasteiger partial charge < -0.3 is 14.6 Å². The molecule has 0 bridgehead atoms. The Balaban J connectivity index is 1.87. The molecule has 2 atom stereocenters. The second-order valence-electron chi connectivity index (χ2n) is 6.59. The molecule has 0 saturated carbocycles. The Labute approximate surface area is 164 Å². The van der Waals surface area contributed by atoms with E-state index in [-0.39, 0.29) is 24.3 Å². The molecule has 1 aliphatic heterocycles. The topological polar surface area (TPSA) is 93.1 Å². The van der Waals surface area contributed by atoms with Gasteiger partial charge in [-0.05, 0) is 41.8 Å². The monoisotopic (exact) mass is 405 g/mol. The summed E-state index contributed by atoms with van der Waals surface area (Å²) in [6.07, 6.45) is -0.431. The van der Waals surface area contributed by atoms with Gasteiger partial charge in [0.05, 0.1) is 25.2 Å². The maximum Gasteiger partial charge on any atom is 0.324 e. The zero-order chi connectivity index (χ0) is 20.3. The van der Waals surface area contributed by atoms with Crippen LogP contribution in [0.4, 0.5) is 0 Å². The molecule has 3 rings (SSSR count). The zero-order valence-corrected chi connectivity index (χ0v) is 16.6. The van der Waals surface area contributed by atoms with Crippen LogP contribution >= 0.6 is 0 Å². The summed E-state index contributed by atoms with van der Waals surface area (Å²) in [5.41, 5.74) is 1.79. The van der Waals surface area contributed by atoms with Crippen molar-refractivity contribution in [2.24, 2.45) is 0 Å². The second-order valence-corrected chi connectivity index (χ2v) is 8.48. The molecule has 1 aliphatic rings. The molecule has 0 radical (unpaired) electrons. The quantitative estimate of drug-likeness (QED) is 0.766. The highest BCUT2D eigenvalue weighted by Gasteiger charge is 2.40. The summed E-state index contributed by atoms with van der Waals surface area (Å²) in [5, 5.41) is 9.84. The Morgan fingerprint density at radius 1 is 1.04 bits per heavy atom. The molecule has 1 fully saturated rings. The van der Waals surface area contributed by atoms with E-state index in [9.17, 15) is 18.3 Å². The van der Waals surface area contributed by atoms with Crippen molar-refractivity contribution < 1.29 is 27.8 Å². The second kappa shape index (κ2) is 8.30. The lowest BCUT2D eigenvalue weighted by Gasteiger charge is -2.35. The molecule has 28 heavy (non-hydrogen) atoms. The molecule has 0 aromatic heterocycles. The highest BCUT2D eigenvalue weighted by atomic mass is 32.2. The van der Waals surface area contributed by atoms with Crippen molar-refractivity contribution in [3.8, 4) is 16.9 Å². The highest BCUT2D eigenvalue weighted by Crippen LogP contribution is 2.28. The van der Waals surface area contributed by atoms with Crippen LogP contribution in [-0.4, -0.2) is 56.7 Å². The molecule has 1 heterocycles. The number of benzene rings is 2. The predicted octanol–water partition coefficient (Wildman–Crippen LogP) is 2.05. The van der Waals surface area contributed by atoms with Crippen molar-refractivity contribution in [3.05, 3.63) is 48.5 Å². The number of aliphatic hydroxyl groups is 1. The largest absolute Gasteiger partial charge is 0.497 e. The van der Waals surface area contributed by atoms with Crippen molar-refractivity contribution in [3.63, 3.8) is 0 Å². The van der Waals surface area contributed by atoms with Gasteiger partial charge in [0.2, 0.25) is 10.0 Å². The van der Waals surface area contributed by atoms with E-state index in [0.29, 0.717) is 0 Å². The average Bonchev–Trinajstić information content (AvgIpc) is 2.73. The fraction of sp³-hybridized carbons (Fsp3) is 0.350. The van der Waals surface area contributed by atoms with Gasteiger partial charge in [0.25, 0.3) is 0 Å². The van der Waals surface area contributed by atoms with Gasteiger partial charge in [-0.25, -0.2) is 8.42 Å². The summed E-state index contributed by atoms with van der Waals surface area (Å²) in [4.78, 5) is 12.1. The Kier molecular flexibility index (Phi) is 6.02. The molecule has 2 aromatic rings. The summed E-state index contributed by atoms with van der Waals surface area (Å²) >= 11 is 0. The third-order valence-corrected chi connectivity index (χ3v) is 6.81. The Morgan fingerprint density at radius 3 is 2.14 bits per heavy atom. The van der Waals surface area contributed by atoms with Gasteiger partial charge in [0.15, 0.2) is 0 Å². The van der Waals surface area contributed by atoms with Crippen LogP contribution in [-0.2, 0) is 19.6 Å². The lowest BCUT2D eigenvalue weighted by Crippen LogP contribution is -2.51. The molecule has 7 nitrogen and oxygen atoms in total. The van der Waals surface area contributed by atoms with Gasteiger partial charge in [-0.2, -0.15) is 4.31 Å². The number of esters is 1. The third-order valence-electron chi connectivity index (χ3n) is 4.88. The standard InChI is InChI=1S/C20H23NO6S/c1-26-17-7-3-14(4-8-17)15-5-9-18(10-6-15)28(24,25)21-12-11-16(22)13-19(21)20(23)27-2/h3-10,16,19,22H,11-13H2,1-2H3/t16-,19-/m1/s1. The maximum atomic E-state index is 13.1. The SMILES string of the molecule is COC(=O)[C@H]1C[C@H](O)CCN1S(=O)(=O)c1ccc(-c2ccc(OC)cc2)cc1. The molecule has 8 heteroatoms. The smallest absolute Gasteiger partial charge is 0.324 e. The average molecular weight is 405 g/mol. The van der Waals surface area contributed by atoms with Crippen LogP contribution in [0, 0.1) is 0 Å². The molecule has 2 aromatic carbocycles. The molecule has 0 aliphatic carbocycles. The fourth-order valence-electron chi connectivity index (χ4n) is 3.30. The van der Waals surface area contributed by atoms with Crippen LogP contribution in [0.1, 0.15) is 12.8 Å². The van der Waals surface area contributed by atoms with Gasteiger partial charge in [-0.15, -0.1) is 0 Å². The van der Waals surface area contributed by atoms with Crippen molar-refractivity contribution in [1.82, 2.24) is 4.31 Å². The normalized spacial score (nSPS) is 20.5. The first kappa shape index (κ1) is 20.3. The van der Waals surface area contributed by atoms with Crippen LogP contribution in [0.5, 0.6) is 5.75 Å². The van der Waals surface area contributed by atoms with E-state index in [1.165, 1.54) is 19.2 Å². The van der Waals surface area contributed by atoms with Gasteiger partial charge in [-0.3, -0.25) is 4.79 Å². The van der Waals surface area contributed by atoms with Crippen molar-refractivity contribution >= 4 is 16.0 Å². The molecule has 0 amide bonds. The van der Waals surface area contributed by atoms with E-state index in [1.807, 2.05) is 24.3 Å². The number of hydrogen-bond acceptors (Lipinski definition) is 6. The minimum absolute atomic E-state index is 0.0236. The van der Waals surface area contributed by atoms with E-state index < -0.39 is 28.1 Å². The number of piperidine rings is 1. The Morgan fingerprint density at radius 2 is 1.61 bits per heavy atom. The first-order valence-corrected chi connectivity index (χ1v) is 10.3. The van der Waals surface area contributed by atoms with Crippen molar-refractivity contribution in [2.75, 3.05) is 20.8 Å². The summed E-state index contributed by atoms with van der Waals surface area (Å²) < 4.78 is 37.1. The van der Waals surface area contributed by atoms with Crippen LogP contribution in [0.25, 0.3) is 11.1 Å². The number of aliphatic hydroxyl groups excluding tert-OH is 1. The first-order chi connectivity index (χ1) is 13.4. The zero-order valence-electron chi connectivity index (χ0n) is 15.7. The van der Waals surface area contributed by atoms with Crippen molar-refractivity contribution in [2.45, 2.75) is 29.9 Å². The minimum atomic E-state index is -3.90. The van der Waals surface area contributed by atoms with Crippen LogP contribution in [0.2, 0.25) is 0 Å². The number of sulfonamides is 1. The van der Waals surface area contributed by atoms with E-state index in [1.54, 1.807) is 19.2 Å². The molecule has 0 unspecified atom stereocenters.